The van der Waals surface area contributed by atoms with Crippen molar-refractivity contribution in [2.45, 2.75) is 48.2 Å². The Bertz CT molecular complexity index is 872. The molecule has 7 nitrogen and oxygen atoms in total. The van der Waals surface area contributed by atoms with Gasteiger partial charge in [0.2, 0.25) is 12.6 Å². The highest BCUT2D eigenvalue weighted by atomic mass is 16.7. The number of ketones is 1. The Morgan fingerprint density at radius 1 is 1.22 bits per heavy atom. The highest BCUT2D eigenvalue weighted by molar-refractivity contribution is 5.89. The van der Waals surface area contributed by atoms with Crippen molar-refractivity contribution in [1.82, 2.24) is 4.90 Å². The van der Waals surface area contributed by atoms with Gasteiger partial charge in [-0.15, -0.1) is 0 Å². The topological polar surface area (TPSA) is 66.5 Å². The molecule has 27 heavy (non-hydrogen) atoms. The number of hydrogen-bond donors (Lipinski definition) is 0. The Labute approximate surface area is 157 Å². The van der Waals surface area contributed by atoms with Crippen LogP contribution in [0, 0.1) is 0 Å². The number of carbonyl (C=O) groups is 1. The van der Waals surface area contributed by atoms with Gasteiger partial charge in [0.25, 0.3) is 0 Å². The van der Waals surface area contributed by atoms with E-state index in [2.05, 4.69) is 18.0 Å². The Kier molecular flexibility index (Phi) is 2.92. The fraction of sp³-hybridized carbons (Fsp3) is 0.650. The summed E-state index contributed by atoms with van der Waals surface area (Å²) < 4.78 is 29.7. The largest absolute Gasteiger partial charge is 0.454 e. The van der Waals surface area contributed by atoms with Crippen LogP contribution in [-0.4, -0.2) is 62.7 Å². The van der Waals surface area contributed by atoms with E-state index in [0.29, 0.717) is 6.42 Å². The lowest BCUT2D eigenvalue weighted by atomic mass is 9.51. The molecule has 1 aromatic carbocycles. The first kappa shape index (κ1) is 16.3. The molecule has 0 N–H and O–H groups in total. The third-order valence-electron chi connectivity index (χ3n) is 7.75. The normalized spacial score (nSPS) is 43.7. The number of likely N-dealkylation sites (tertiary alicyclic amines) is 1. The number of ether oxygens (including phenoxy) is 5. The van der Waals surface area contributed by atoms with Gasteiger partial charge in [0.05, 0.1) is 11.6 Å². The molecule has 144 valence electrons. The number of benzene rings is 1. The summed E-state index contributed by atoms with van der Waals surface area (Å²) in [6.07, 6.45) is 1.15. The van der Waals surface area contributed by atoms with Gasteiger partial charge in [-0.2, -0.15) is 0 Å². The number of methoxy groups -OCH3 is 2. The van der Waals surface area contributed by atoms with Crippen molar-refractivity contribution in [1.29, 1.82) is 0 Å². The van der Waals surface area contributed by atoms with Crippen molar-refractivity contribution in [3.63, 3.8) is 0 Å². The number of Topliss-reactive ketones (excluding diaryl/α,β-unsaturated/α-hetero) is 1. The van der Waals surface area contributed by atoms with Crippen LogP contribution in [0.1, 0.15) is 36.5 Å². The van der Waals surface area contributed by atoms with Crippen molar-refractivity contribution < 1.29 is 28.5 Å². The van der Waals surface area contributed by atoms with Gasteiger partial charge in [0, 0.05) is 32.5 Å². The summed E-state index contributed by atoms with van der Waals surface area (Å²) in [6, 6.07) is 4.11. The van der Waals surface area contributed by atoms with Crippen LogP contribution in [0.4, 0.5) is 0 Å². The van der Waals surface area contributed by atoms with Gasteiger partial charge in [0.1, 0.15) is 0 Å². The number of likely N-dealkylation sites (N-methyl/N-ethyl adjacent to an activating group) is 1. The van der Waals surface area contributed by atoms with Crippen LogP contribution in [0.2, 0.25) is 0 Å². The van der Waals surface area contributed by atoms with Crippen LogP contribution < -0.4 is 9.47 Å². The predicted molar refractivity (Wildman–Crippen MR) is 92.8 cm³/mol. The number of hydrogen-bond acceptors (Lipinski definition) is 7. The minimum Gasteiger partial charge on any atom is -0.454 e. The molecule has 5 aliphatic rings. The van der Waals surface area contributed by atoms with Crippen molar-refractivity contribution in [3.05, 3.63) is 23.3 Å². The SMILES string of the molecule is CO[C@@H]1C(=O)C[C@]23CCN(C)[C@@]24C[C@H](OC14OC)c1cc2c(cc13)OCO2. The van der Waals surface area contributed by atoms with E-state index in [1.165, 1.54) is 0 Å². The van der Waals surface area contributed by atoms with E-state index in [4.69, 9.17) is 23.7 Å². The van der Waals surface area contributed by atoms with Crippen LogP contribution in [0.5, 0.6) is 11.5 Å². The number of rotatable bonds is 2. The van der Waals surface area contributed by atoms with E-state index in [0.717, 1.165) is 42.0 Å². The van der Waals surface area contributed by atoms with E-state index >= 15 is 0 Å². The first-order chi connectivity index (χ1) is 13.0. The van der Waals surface area contributed by atoms with Crippen LogP contribution in [0.25, 0.3) is 0 Å². The molecule has 2 saturated heterocycles. The summed E-state index contributed by atoms with van der Waals surface area (Å²) >= 11 is 0. The summed E-state index contributed by atoms with van der Waals surface area (Å²) in [7, 11) is 5.31. The Morgan fingerprint density at radius 3 is 2.74 bits per heavy atom. The zero-order valence-corrected chi connectivity index (χ0v) is 15.7. The van der Waals surface area contributed by atoms with Gasteiger partial charge in [-0.25, -0.2) is 0 Å². The van der Waals surface area contributed by atoms with Crippen molar-refractivity contribution in [2.75, 3.05) is 34.6 Å². The second kappa shape index (κ2) is 4.84. The number of fused-ring (bicyclic) bond motifs is 4. The van der Waals surface area contributed by atoms with Crippen LogP contribution in [0.15, 0.2) is 12.1 Å². The molecule has 2 aliphatic carbocycles. The number of nitrogens with zero attached hydrogens (tertiary/aromatic N) is 1. The highest BCUT2D eigenvalue weighted by Gasteiger charge is 2.82. The maximum atomic E-state index is 13.2. The van der Waals surface area contributed by atoms with E-state index in [9.17, 15) is 4.79 Å². The predicted octanol–water partition coefficient (Wildman–Crippen LogP) is 1.53. The lowest BCUT2D eigenvalue weighted by Gasteiger charge is -2.59. The minimum absolute atomic E-state index is 0.0384. The first-order valence-corrected chi connectivity index (χ1v) is 9.47. The van der Waals surface area contributed by atoms with Crippen molar-refractivity contribution in [3.8, 4) is 11.5 Å². The zero-order valence-electron chi connectivity index (χ0n) is 15.7. The fourth-order valence-electron chi connectivity index (χ4n) is 6.82. The standard InChI is InChI=1S/C20H23NO6/c1-21-5-4-18-8-13(22)17(23-2)20(24-3)19(18,21)9-16(27-20)11-6-14-15(7-12(11)18)26-10-25-14/h6-7,16-17H,4-5,8-10H2,1-3H3/t16-,17+,18-,19-,20?/m0/s1. The lowest BCUT2D eigenvalue weighted by molar-refractivity contribution is -0.309. The van der Waals surface area contributed by atoms with E-state index in [-0.39, 0.29) is 24.1 Å². The first-order valence-electron chi connectivity index (χ1n) is 9.47. The fourth-order valence-corrected chi connectivity index (χ4v) is 6.82. The highest BCUT2D eigenvalue weighted by Crippen LogP contribution is 2.71. The van der Waals surface area contributed by atoms with Gasteiger partial charge in [0.15, 0.2) is 23.4 Å². The molecule has 3 heterocycles. The van der Waals surface area contributed by atoms with Crippen molar-refractivity contribution >= 4 is 5.78 Å². The second-order valence-electron chi connectivity index (χ2n) is 8.35. The molecule has 0 amide bonds. The third-order valence-corrected chi connectivity index (χ3v) is 7.75. The van der Waals surface area contributed by atoms with Crippen LogP contribution in [-0.2, 0) is 24.4 Å². The average Bonchev–Trinajstić information content (AvgIpc) is 3.33. The van der Waals surface area contributed by atoms with E-state index in [1.807, 2.05) is 6.07 Å². The molecule has 6 rings (SSSR count). The van der Waals surface area contributed by atoms with Crippen LogP contribution >= 0.6 is 0 Å². The molecule has 0 aromatic heterocycles. The molecule has 1 aromatic rings. The Hall–Kier alpha value is -1.67. The van der Waals surface area contributed by atoms with Gasteiger partial charge in [-0.3, -0.25) is 9.69 Å². The molecule has 2 bridgehead atoms. The number of carbonyl (C=O) groups excluding carboxylic acids is 1. The van der Waals surface area contributed by atoms with Crippen molar-refractivity contribution in [2.24, 2.45) is 0 Å². The molecule has 3 fully saturated rings. The van der Waals surface area contributed by atoms with E-state index in [1.54, 1.807) is 14.2 Å². The summed E-state index contributed by atoms with van der Waals surface area (Å²) in [6.45, 7) is 1.10. The van der Waals surface area contributed by atoms with E-state index < -0.39 is 17.4 Å². The Balaban J connectivity index is 1.69. The molecular weight excluding hydrogens is 350 g/mol. The monoisotopic (exact) mass is 373 g/mol. The molecule has 1 unspecified atom stereocenters. The smallest absolute Gasteiger partial charge is 0.231 e. The average molecular weight is 373 g/mol. The zero-order chi connectivity index (χ0) is 18.6. The molecular formula is C20H23NO6. The Morgan fingerprint density at radius 2 is 2.00 bits per heavy atom. The molecule has 5 atom stereocenters. The summed E-state index contributed by atoms with van der Waals surface area (Å²) in [5.74, 6) is 0.406. The van der Waals surface area contributed by atoms with Gasteiger partial charge in [-0.1, -0.05) is 0 Å². The maximum Gasteiger partial charge on any atom is 0.231 e. The second-order valence-corrected chi connectivity index (χ2v) is 8.35. The molecule has 1 spiro atoms. The molecule has 3 aliphatic heterocycles. The third kappa shape index (κ3) is 1.49. The molecule has 0 radical (unpaired) electrons. The minimum atomic E-state index is -1.13. The van der Waals surface area contributed by atoms with Gasteiger partial charge < -0.3 is 23.7 Å². The maximum absolute atomic E-state index is 13.2. The molecule has 1 saturated carbocycles. The van der Waals surface area contributed by atoms with Gasteiger partial charge in [-0.05, 0) is 43.3 Å². The van der Waals surface area contributed by atoms with Gasteiger partial charge >= 0.3 is 0 Å². The summed E-state index contributed by atoms with van der Waals surface area (Å²) in [4.78, 5) is 15.6. The summed E-state index contributed by atoms with van der Waals surface area (Å²) in [5.41, 5.74) is 1.41. The quantitative estimate of drug-likeness (QED) is 0.779. The van der Waals surface area contributed by atoms with Crippen LogP contribution in [0.3, 0.4) is 0 Å². The lowest BCUT2D eigenvalue weighted by Crippen LogP contribution is -2.76. The summed E-state index contributed by atoms with van der Waals surface area (Å²) in [5, 5.41) is 0. The molecule has 7 heteroatoms.